The third-order valence-electron chi connectivity index (χ3n) is 4.41. The molecule has 0 saturated carbocycles. The van der Waals surface area contributed by atoms with E-state index in [1.54, 1.807) is 12.1 Å². The Morgan fingerprint density at radius 2 is 1.84 bits per heavy atom. The van der Waals surface area contributed by atoms with Gasteiger partial charge in [-0.15, -0.1) is 0 Å². The zero-order chi connectivity index (χ0) is 18.2. The number of aryl methyl sites for hydroxylation is 1. The average Bonchev–Trinajstić information content (AvgIpc) is 2.62. The van der Waals surface area contributed by atoms with Crippen LogP contribution in [-0.4, -0.2) is 26.1 Å². The van der Waals surface area contributed by atoms with Gasteiger partial charge in [0.1, 0.15) is 5.25 Å². The van der Waals surface area contributed by atoms with E-state index in [1.165, 1.54) is 11.8 Å². The Hall–Kier alpha value is -2.28. The summed E-state index contributed by atoms with van der Waals surface area (Å²) < 4.78 is 51.8. The summed E-state index contributed by atoms with van der Waals surface area (Å²) in [6.07, 6.45) is 1.56. The molecule has 1 heterocycles. The van der Waals surface area contributed by atoms with Gasteiger partial charge in [0.25, 0.3) is 0 Å². The second-order valence-corrected chi connectivity index (χ2v) is 8.25. The predicted molar refractivity (Wildman–Crippen MR) is 90.1 cm³/mol. The Morgan fingerprint density at radius 1 is 1.12 bits per heavy atom. The smallest absolute Gasteiger partial charge is 0.245 e. The van der Waals surface area contributed by atoms with E-state index in [4.69, 9.17) is 0 Å². The molecule has 2 aromatic carbocycles. The maximum atomic E-state index is 13.4. The third kappa shape index (κ3) is 3.16. The normalized spacial score (nSPS) is 15.6. The molecule has 1 aliphatic rings. The molecule has 4 nitrogen and oxygen atoms in total. The van der Waals surface area contributed by atoms with Gasteiger partial charge < -0.3 is 4.90 Å². The summed E-state index contributed by atoms with van der Waals surface area (Å²) in [6.45, 7) is 1.70. The van der Waals surface area contributed by atoms with Crippen molar-refractivity contribution in [1.82, 2.24) is 0 Å². The molecule has 1 amide bonds. The summed E-state index contributed by atoms with van der Waals surface area (Å²) >= 11 is 0. The lowest BCUT2D eigenvalue weighted by molar-refractivity contribution is -0.118. The van der Waals surface area contributed by atoms with Crippen LogP contribution in [0, 0.1) is 11.6 Å². The summed E-state index contributed by atoms with van der Waals surface area (Å²) in [5, 5.41) is -1.40. The number of para-hydroxylation sites is 1. The fourth-order valence-corrected chi connectivity index (χ4v) is 4.30. The number of halogens is 2. The van der Waals surface area contributed by atoms with Crippen molar-refractivity contribution in [3.8, 4) is 0 Å². The number of hydrogen-bond acceptors (Lipinski definition) is 3. The highest BCUT2D eigenvalue weighted by Crippen LogP contribution is 2.29. The molecule has 1 aliphatic heterocycles. The van der Waals surface area contributed by atoms with Crippen LogP contribution in [0.3, 0.4) is 0 Å². The molecule has 7 heteroatoms. The van der Waals surface area contributed by atoms with Gasteiger partial charge in [-0.05, 0) is 49.6 Å². The summed E-state index contributed by atoms with van der Waals surface area (Å²) in [4.78, 5) is 13.9. The Morgan fingerprint density at radius 3 is 2.56 bits per heavy atom. The molecule has 1 atom stereocenters. The average molecular weight is 365 g/mol. The minimum absolute atomic E-state index is 0.405. The number of hydrogen-bond donors (Lipinski definition) is 0. The third-order valence-corrected chi connectivity index (χ3v) is 6.45. The molecule has 1 unspecified atom stereocenters. The van der Waals surface area contributed by atoms with Gasteiger partial charge in [-0.25, -0.2) is 17.2 Å². The van der Waals surface area contributed by atoms with Gasteiger partial charge in [0.2, 0.25) is 5.91 Å². The van der Waals surface area contributed by atoms with Crippen LogP contribution in [0.2, 0.25) is 0 Å². The summed E-state index contributed by atoms with van der Waals surface area (Å²) in [5.74, 6) is -2.97. The minimum atomic E-state index is -4.13. The maximum absolute atomic E-state index is 13.4. The van der Waals surface area contributed by atoms with E-state index in [9.17, 15) is 22.0 Å². The molecule has 25 heavy (non-hydrogen) atoms. The quantitative estimate of drug-likeness (QED) is 0.786. The fourth-order valence-electron chi connectivity index (χ4n) is 2.97. The zero-order valence-electron chi connectivity index (χ0n) is 13.6. The Balaban J connectivity index is 1.94. The van der Waals surface area contributed by atoms with Crippen molar-refractivity contribution in [1.29, 1.82) is 0 Å². The van der Waals surface area contributed by atoms with Gasteiger partial charge in [-0.1, -0.05) is 18.2 Å². The molecule has 0 bridgehead atoms. The fraction of sp³-hybridized carbons (Fsp3) is 0.278. The van der Waals surface area contributed by atoms with Gasteiger partial charge >= 0.3 is 0 Å². The van der Waals surface area contributed by atoms with Crippen molar-refractivity contribution in [2.24, 2.45) is 0 Å². The number of rotatable bonds is 3. The van der Waals surface area contributed by atoms with E-state index in [2.05, 4.69) is 0 Å². The van der Waals surface area contributed by atoms with Gasteiger partial charge in [0.15, 0.2) is 21.5 Å². The molecule has 2 aromatic rings. The van der Waals surface area contributed by atoms with Gasteiger partial charge in [-0.2, -0.15) is 0 Å². The van der Waals surface area contributed by atoms with Crippen LogP contribution in [0.5, 0.6) is 0 Å². The number of amides is 1. The lowest BCUT2D eigenvalue weighted by Crippen LogP contribution is -2.44. The van der Waals surface area contributed by atoms with Crippen molar-refractivity contribution >= 4 is 21.4 Å². The van der Waals surface area contributed by atoms with Crippen molar-refractivity contribution in [3.63, 3.8) is 0 Å². The van der Waals surface area contributed by atoms with Crippen LogP contribution in [0.1, 0.15) is 18.9 Å². The molecule has 0 saturated heterocycles. The largest absolute Gasteiger partial charge is 0.311 e. The number of nitrogens with zero attached hydrogens (tertiary/aromatic N) is 1. The van der Waals surface area contributed by atoms with E-state index in [1.807, 2.05) is 12.1 Å². The van der Waals surface area contributed by atoms with Crippen molar-refractivity contribution in [2.45, 2.75) is 29.9 Å². The number of benzene rings is 2. The Labute approximate surface area is 145 Å². The molecule has 132 valence electrons. The van der Waals surface area contributed by atoms with Gasteiger partial charge in [0, 0.05) is 12.2 Å². The van der Waals surface area contributed by atoms with Crippen molar-refractivity contribution < 1.29 is 22.0 Å². The van der Waals surface area contributed by atoms with Crippen LogP contribution in [0.25, 0.3) is 0 Å². The lowest BCUT2D eigenvalue weighted by Gasteiger charge is -2.31. The predicted octanol–water partition coefficient (Wildman–Crippen LogP) is 3.11. The summed E-state index contributed by atoms with van der Waals surface area (Å²) in [6, 6.07) is 9.68. The summed E-state index contributed by atoms with van der Waals surface area (Å²) in [7, 11) is -4.13. The number of fused-ring (bicyclic) bond motifs is 1. The molecule has 0 fully saturated rings. The SMILES string of the molecule is CC(C(=O)N1CCCc2ccccc21)S(=O)(=O)c1ccc(F)c(F)c1. The second-order valence-electron chi connectivity index (χ2n) is 5.99. The Bertz CT molecular complexity index is 928. The molecular formula is C18H17F2NO3S. The highest BCUT2D eigenvalue weighted by atomic mass is 32.2. The molecular weight excluding hydrogens is 348 g/mol. The van der Waals surface area contributed by atoms with Crippen LogP contribution >= 0.6 is 0 Å². The number of sulfone groups is 1. The standard InChI is InChI=1S/C18H17F2NO3S/c1-12(25(23,24)14-8-9-15(19)16(20)11-14)18(22)21-10-4-6-13-5-2-3-7-17(13)21/h2-3,5,7-9,11-12H,4,6,10H2,1H3. The molecule has 0 aromatic heterocycles. The first-order valence-corrected chi connectivity index (χ1v) is 9.45. The molecule has 0 N–H and O–H groups in total. The molecule has 0 radical (unpaired) electrons. The number of anilines is 1. The highest BCUT2D eigenvalue weighted by Gasteiger charge is 2.35. The number of carbonyl (C=O) groups excluding carboxylic acids is 1. The maximum Gasteiger partial charge on any atom is 0.245 e. The lowest BCUT2D eigenvalue weighted by atomic mass is 10.0. The molecule has 0 aliphatic carbocycles. The van der Waals surface area contributed by atoms with E-state index in [0.29, 0.717) is 18.3 Å². The van der Waals surface area contributed by atoms with Crippen molar-refractivity contribution in [3.05, 3.63) is 59.7 Å². The zero-order valence-corrected chi connectivity index (χ0v) is 14.4. The van der Waals surface area contributed by atoms with Crippen LogP contribution in [-0.2, 0) is 21.1 Å². The van der Waals surface area contributed by atoms with Gasteiger partial charge in [0.05, 0.1) is 4.90 Å². The highest BCUT2D eigenvalue weighted by molar-refractivity contribution is 7.92. The second kappa shape index (κ2) is 6.55. The van der Waals surface area contributed by atoms with Crippen LogP contribution in [0.4, 0.5) is 14.5 Å². The van der Waals surface area contributed by atoms with Crippen molar-refractivity contribution in [2.75, 3.05) is 11.4 Å². The molecule has 0 spiro atoms. The van der Waals surface area contributed by atoms with E-state index < -0.39 is 37.5 Å². The summed E-state index contributed by atoms with van der Waals surface area (Å²) in [5.41, 5.74) is 1.69. The first-order chi connectivity index (χ1) is 11.8. The number of carbonyl (C=O) groups is 1. The molecule has 3 rings (SSSR count). The van der Waals surface area contributed by atoms with E-state index >= 15 is 0 Å². The van der Waals surface area contributed by atoms with Gasteiger partial charge in [-0.3, -0.25) is 4.79 Å². The van der Waals surface area contributed by atoms with E-state index in [0.717, 1.165) is 30.5 Å². The first kappa shape index (κ1) is 17.5. The van der Waals surface area contributed by atoms with E-state index in [-0.39, 0.29) is 0 Å². The monoisotopic (exact) mass is 365 g/mol. The minimum Gasteiger partial charge on any atom is -0.311 e. The first-order valence-electron chi connectivity index (χ1n) is 7.90. The van der Waals surface area contributed by atoms with Crippen LogP contribution < -0.4 is 4.90 Å². The topological polar surface area (TPSA) is 54.5 Å². The Kier molecular flexibility index (Phi) is 4.60. The van der Waals surface area contributed by atoms with Crippen LogP contribution in [0.15, 0.2) is 47.4 Å².